The molecule has 1 aliphatic heterocycles. The van der Waals surface area contributed by atoms with E-state index in [0.29, 0.717) is 5.02 Å². The number of aromatic nitrogens is 3. The molecular formula is C21H21ClN4O. The van der Waals surface area contributed by atoms with Gasteiger partial charge in [-0.1, -0.05) is 17.7 Å². The Kier molecular flexibility index (Phi) is 4.94. The maximum Gasteiger partial charge on any atom is 0.161 e. The van der Waals surface area contributed by atoms with Crippen molar-refractivity contribution >= 4 is 17.4 Å². The van der Waals surface area contributed by atoms with Gasteiger partial charge in [-0.2, -0.15) is 0 Å². The molecule has 3 aromatic rings. The van der Waals surface area contributed by atoms with Crippen LogP contribution in [-0.2, 0) is 0 Å². The van der Waals surface area contributed by atoms with Gasteiger partial charge in [0.25, 0.3) is 0 Å². The summed E-state index contributed by atoms with van der Waals surface area (Å²) in [5.74, 6) is 2.52. The number of anilines is 1. The minimum absolute atomic E-state index is 0.113. The average Bonchev–Trinajstić information content (AvgIpc) is 3.13. The van der Waals surface area contributed by atoms with Crippen LogP contribution in [0, 0.1) is 13.8 Å². The van der Waals surface area contributed by atoms with Crippen LogP contribution in [0.2, 0.25) is 5.02 Å². The van der Waals surface area contributed by atoms with E-state index in [1.807, 2.05) is 43.3 Å². The third kappa shape index (κ3) is 3.88. The molecule has 1 fully saturated rings. The predicted molar refractivity (Wildman–Crippen MR) is 107 cm³/mol. The fourth-order valence-electron chi connectivity index (χ4n) is 3.30. The highest BCUT2D eigenvalue weighted by Gasteiger charge is 2.27. The standard InChI is InChI=1S/C21H21ClN4O/c1-14-15(2)24-20(16-6-9-23-10-7-16)25-21(14)26-11-8-19(13-26)27-18-5-3-4-17(22)12-18/h3-7,9-10,12,19H,8,11,13H2,1-2H3. The second-order valence-corrected chi connectivity index (χ2v) is 7.19. The Bertz CT molecular complexity index is 948. The fraction of sp³-hybridized carbons (Fsp3) is 0.286. The number of ether oxygens (including phenoxy) is 1. The number of benzene rings is 1. The lowest BCUT2D eigenvalue weighted by Gasteiger charge is -2.21. The number of hydrogen-bond acceptors (Lipinski definition) is 5. The number of halogens is 1. The predicted octanol–water partition coefficient (Wildman–Crippen LogP) is 4.47. The summed E-state index contributed by atoms with van der Waals surface area (Å²) in [5.41, 5.74) is 3.07. The summed E-state index contributed by atoms with van der Waals surface area (Å²) in [6.45, 7) is 5.80. The van der Waals surface area contributed by atoms with E-state index in [1.165, 1.54) is 0 Å². The summed E-state index contributed by atoms with van der Waals surface area (Å²) in [6.07, 6.45) is 4.58. The van der Waals surface area contributed by atoms with Crippen LogP contribution in [0.25, 0.3) is 11.4 Å². The van der Waals surface area contributed by atoms with Crippen LogP contribution >= 0.6 is 11.6 Å². The molecule has 0 saturated carbocycles. The Morgan fingerprint density at radius 1 is 1.11 bits per heavy atom. The molecule has 2 aromatic heterocycles. The van der Waals surface area contributed by atoms with E-state index in [1.54, 1.807) is 12.4 Å². The van der Waals surface area contributed by atoms with Crippen molar-refractivity contribution in [3.05, 3.63) is 65.1 Å². The third-order valence-electron chi connectivity index (χ3n) is 4.85. The third-order valence-corrected chi connectivity index (χ3v) is 5.08. The molecule has 0 amide bonds. The molecule has 0 aliphatic carbocycles. The second kappa shape index (κ2) is 7.53. The SMILES string of the molecule is Cc1nc(-c2ccncc2)nc(N2CCC(Oc3cccc(Cl)c3)C2)c1C. The van der Waals surface area contributed by atoms with Crippen LogP contribution in [0.4, 0.5) is 5.82 Å². The zero-order chi connectivity index (χ0) is 18.8. The molecule has 1 saturated heterocycles. The summed E-state index contributed by atoms with van der Waals surface area (Å²) in [4.78, 5) is 15.9. The zero-order valence-corrected chi connectivity index (χ0v) is 16.1. The van der Waals surface area contributed by atoms with Crippen molar-refractivity contribution in [1.82, 2.24) is 15.0 Å². The minimum Gasteiger partial charge on any atom is -0.488 e. The van der Waals surface area contributed by atoms with Gasteiger partial charge in [0.2, 0.25) is 0 Å². The van der Waals surface area contributed by atoms with Crippen molar-refractivity contribution < 1.29 is 4.74 Å². The smallest absolute Gasteiger partial charge is 0.161 e. The molecule has 6 heteroatoms. The van der Waals surface area contributed by atoms with E-state index in [0.717, 1.165) is 53.7 Å². The Morgan fingerprint density at radius 2 is 1.93 bits per heavy atom. The van der Waals surface area contributed by atoms with Crippen LogP contribution in [0.1, 0.15) is 17.7 Å². The Hall–Kier alpha value is -2.66. The first-order valence-electron chi connectivity index (χ1n) is 9.03. The number of aryl methyl sites for hydroxylation is 1. The van der Waals surface area contributed by atoms with Gasteiger partial charge >= 0.3 is 0 Å². The maximum absolute atomic E-state index is 6.12. The topological polar surface area (TPSA) is 51.1 Å². The fourth-order valence-corrected chi connectivity index (χ4v) is 3.48. The second-order valence-electron chi connectivity index (χ2n) is 6.75. The van der Waals surface area contributed by atoms with Crippen LogP contribution in [0.5, 0.6) is 5.75 Å². The number of pyridine rings is 1. The van der Waals surface area contributed by atoms with Gasteiger partial charge in [0.15, 0.2) is 5.82 Å². The number of rotatable bonds is 4. The molecular weight excluding hydrogens is 360 g/mol. The molecule has 1 aliphatic rings. The van der Waals surface area contributed by atoms with Gasteiger partial charge in [-0.05, 0) is 44.2 Å². The molecule has 1 atom stereocenters. The molecule has 0 N–H and O–H groups in total. The zero-order valence-electron chi connectivity index (χ0n) is 15.4. The molecule has 1 aromatic carbocycles. The van der Waals surface area contributed by atoms with Crippen LogP contribution in [0.3, 0.4) is 0 Å². The molecule has 138 valence electrons. The lowest BCUT2D eigenvalue weighted by Crippen LogP contribution is -2.26. The van der Waals surface area contributed by atoms with Crippen LogP contribution < -0.4 is 9.64 Å². The van der Waals surface area contributed by atoms with Gasteiger partial charge in [-0.25, -0.2) is 9.97 Å². The van der Waals surface area contributed by atoms with Crippen molar-refractivity contribution in [2.45, 2.75) is 26.4 Å². The molecule has 0 bridgehead atoms. The first kappa shape index (κ1) is 17.7. The molecule has 3 heterocycles. The van der Waals surface area contributed by atoms with Gasteiger partial charge in [0.05, 0.1) is 6.54 Å². The Balaban J connectivity index is 1.56. The first-order valence-corrected chi connectivity index (χ1v) is 9.41. The summed E-state index contributed by atoms with van der Waals surface area (Å²) in [6, 6.07) is 11.4. The molecule has 0 spiro atoms. The number of nitrogens with zero attached hydrogens (tertiary/aromatic N) is 4. The Morgan fingerprint density at radius 3 is 2.70 bits per heavy atom. The normalized spacial score (nSPS) is 16.6. The summed E-state index contributed by atoms with van der Waals surface area (Å²) in [7, 11) is 0. The molecule has 1 unspecified atom stereocenters. The van der Waals surface area contributed by atoms with Gasteiger partial charge in [0.1, 0.15) is 17.7 Å². The van der Waals surface area contributed by atoms with Crippen molar-refractivity contribution in [3.63, 3.8) is 0 Å². The maximum atomic E-state index is 6.12. The summed E-state index contributed by atoms with van der Waals surface area (Å²) in [5, 5.41) is 0.687. The lowest BCUT2D eigenvalue weighted by molar-refractivity contribution is 0.225. The number of hydrogen-bond donors (Lipinski definition) is 0. The van der Waals surface area contributed by atoms with E-state index in [-0.39, 0.29) is 6.10 Å². The Labute approximate surface area is 164 Å². The summed E-state index contributed by atoms with van der Waals surface area (Å²) >= 11 is 6.06. The van der Waals surface area contributed by atoms with Crippen molar-refractivity contribution in [2.75, 3.05) is 18.0 Å². The van der Waals surface area contributed by atoms with E-state index in [4.69, 9.17) is 21.3 Å². The average molecular weight is 381 g/mol. The molecule has 4 rings (SSSR count). The van der Waals surface area contributed by atoms with Gasteiger partial charge < -0.3 is 9.64 Å². The summed E-state index contributed by atoms with van der Waals surface area (Å²) < 4.78 is 6.12. The monoisotopic (exact) mass is 380 g/mol. The molecule has 5 nitrogen and oxygen atoms in total. The van der Waals surface area contributed by atoms with E-state index >= 15 is 0 Å². The highest BCUT2D eigenvalue weighted by atomic mass is 35.5. The molecule has 0 radical (unpaired) electrons. The minimum atomic E-state index is 0.113. The highest BCUT2D eigenvalue weighted by molar-refractivity contribution is 6.30. The van der Waals surface area contributed by atoms with Gasteiger partial charge in [-0.15, -0.1) is 0 Å². The van der Waals surface area contributed by atoms with Gasteiger partial charge in [-0.3, -0.25) is 4.98 Å². The van der Waals surface area contributed by atoms with E-state index in [2.05, 4.69) is 21.8 Å². The quantitative estimate of drug-likeness (QED) is 0.668. The molecule has 27 heavy (non-hydrogen) atoms. The van der Waals surface area contributed by atoms with Crippen molar-refractivity contribution in [3.8, 4) is 17.1 Å². The van der Waals surface area contributed by atoms with E-state index < -0.39 is 0 Å². The largest absolute Gasteiger partial charge is 0.488 e. The van der Waals surface area contributed by atoms with Crippen LogP contribution in [-0.4, -0.2) is 34.1 Å². The van der Waals surface area contributed by atoms with Crippen molar-refractivity contribution in [2.24, 2.45) is 0 Å². The highest BCUT2D eigenvalue weighted by Crippen LogP contribution is 2.28. The lowest BCUT2D eigenvalue weighted by atomic mass is 10.2. The van der Waals surface area contributed by atoms with Gasteiger partial charge in [0, 0.05) is 47.2 Å². The van der Waals surface area contributed by atoms with E-state index in [9.17, 15) is 0 Å². The van der Waals surface area contributed by atoms with Crippen molar-refractivity contribution in [1.29, 1.82) is 0 Å². The first-order chi connectivity index (χ1) is 13.1. The van der Waals surface area contributed by atoms with Crippen LogP contribution in [0.15, 0.2) is 48.8 Å².